The highest BCUT2D eigenvalue weighted by atomic mass is 16.3. The normalized spacial score (nSPS) is 12.0. The second kappa shape index (κ2) is 5.63. The standard InChI is InChI=1S/C18H13N3O/c19-10-13(11-20)16(12-6-2-1-3-7-12)17-18(22)14-8-4-5-9-15(14)21-17/h1-9,13,16,21-22H. The number of para-hydroxylation sites is 1. The lowest BCUT2D eigenvalue weighted by Gasteiger charge is -2.17. The van der Waals surface area contributed by atoms with Crippen molar-refractivity contribution < 1.29 is 5.11 Å². The summed E-state index contributed by atoms with van der Waals surface area (Å²) >= 11 is 0. The van der Waals surface area contributed by atoms with Gasteiger partial charge in [0.2, 0.25) is 0 Å². The minimum absolute atomic E-state index is 0.0972. The first kappa shape index (κ1) is 13.7. The number of rotatable bonds is 3. The summed E-state index contributed by atoms with van der Waals surface area (Å²) in [6, 6.07) is 20.7. The molecule has 0 aliphatic rings. The smallest absolute Gasteiger partial charge is 0.145 e. The Morgan fingerprint density at radius 1 is 0.909 bits per heavy atom. The van der Waals surface area contributed by atoms with Gasteiger partial charge in [-0.3, -0.25) is 0 Å². The zero-order valence-corrected chi connectivity index (χ0v) is 11.7. The molecule has 1 heterocycles. The van der Waals surface area contributed by atoms with E-state index in [1.165, 1.54) is 0 Å². The molecule has 0 aliphatic carbocycles. The molecule has 0 amide bonds. The minimum atomic E-state index is -0.888. The van der Waals surface area contributed by atoms with E-state index >= 15 is 0 Å². The highest BCUT2D eigenvalue weighted by Gasteiger charge is 2.29. The zero-order chi connectivity index (χ0) is 15.5. The summed E-state index contributed by atoms with van der Waals surface area (Å²) in [4.78, 5) is 3.16. The average Bonchev–Trinajstić information content (AvgIpc) is 2.90. The Balaban J connectivity index is 2.23. The van der Waals surface area contributed by atoms with Crippen molar-refractivity contribution in [3.05, 3.63) is 65.9 Å². The third-order valence-corrected chi connectivity index (χ3v) is 3.79. The van der Waals surface area contributed by atoms with Crippen molar-refractivity contribution in [2.75, 3.05) is 0 Å². The quantitative estimate of drug-likeness (QED) is 0.770. The molecule has 0 fully saturated rings. The van der Waals surface area contributed by atoms with Crippen LogP contribution in [0.3, 0.4) is 0 Å². The largest absolute Gasteiger partial charge is 0.505 e. The van der Waals surface area contributed by atoms with Crippen LogP contribution >= 0.6 is 0 Å². The maximum atomic E-state index is 10.5. The molecule has 0 spiro atoms. The molecule has 0 saturated carbocycles. The van der Waals surface area contributed by atoms with Gasteiger partial charge < -0.3 is 10.1 Å². The Labute approximate surface area is 127 Å². The number of H-pyrrole nitrogens is 1. The summed E-state index contributed by atoms with van der Waals surface area (Å²) in [5.74, 6) is -1.31. The van der Waals surface area contributed by atoms with Crippen LogP contribution in [0.1, 0.15) is 17.2 Å². The third kappa shape index (κ3) is 2.17. The van der Waals surface area contributed by atoms with Crippen molar-refractivity contribution in [1.29, 1.82) is 10.5 Å². The van der Waals surface area contributed by atoms with Gasteiger partial charge in [0.15, 0.2) is 0 Å². The molecular weight excluding hydrogens is 274 g/mol. The number of nitrogens with zero attached hydrogens (tertiary/aromatic N) is 2. The van der Waals surface area contributed by atoms with Gasteiger partial charge in [0.05, 0.1) is 23.8 Å². The molecule has 0 saturated heterocycles. The summed E-state index contributed by atoms with van der Waals surface area (Å²) < 4.78 is 0. The van der Waals surface area contributed by atoms with E-state index in [0.29, 0.717) is 11.1 Å². The maximum Gasteiger partial charge on any atom is 0.145 e. The first-order valence-electron chi connectivity index (χ1n) is 6.90. The summed E-state index contributed by atoms with van der Waals surface area (Å²) in [6.45, 7) is 0. The van der Waals surface area contributed by atoms with Crippen LogP contribution in [0, 0.1) is 28.6 Å². The van der Waals surface area contributed by atoms with Crippen LogP contribution in [-0.2, 0) is 0 Å². The molecule has 2 N–H and O–H groups in total. The van der Waals surface area contributed by atoms with Crippen molar-refractivity contribution in [3.63, 3.8) is 0 Å². The molecule has 4 heteroatoms. The molecule has 2 aromatic carbocycles. The predicted octanol–water partition coefficient (Wildman–Crippen LogP) is 3.67. The van der Waals surface area contributed by atoms with Gasteiger partial charge in [0.25, 0.3) is 0 Å². The second-order valence-corrected chi connectivity index (χ2v) is 5.06. The number of hydrogen-bond acceptors (Lipinski definition) is 3. The predicted molar refractivity (Wildman–Crippen MR) is 83.0 cm³/mol. The molecule has 0 bridgehead atoms. The summed E-state index contributed by atoms with van der Waals surface area (Å²) in [5.41, 5.74) is 2.10. The van der Waals surface area contributed by atoms with Crippen LogP contribution in [0.25, 0.3) is 10.9 Å². The lowest BCUT2D eigenvalue weighted by atomic mass is 9.85. The van der Waals surface area contributed by atoms with Gasteiger partial charge in [0, 0.05) is 10.9 Å². The highest BCUT2D eigenvalue weighted by molar-refractivity contribution is 5.87. The number of nitriles is 2. The molecule has 4 nitrogen and oxygen atoms in total. The molecule has 22 heavy (non-hydrogen) atoms. The van der Waals surface area contributed by atoms with Gasteiger partial charge in [-0.1, -0.05) is 42.5 Å². The van der Waals surface area contributed by atoms with E-state index < -0.39 is 11.8 Å². The number of aromatic nitrogens is 1. The van der Waals surface area contributed by atoms with Gasteiger partial charge in [-0.05, 0) is 17.7 Å². The average molecular weight is 287 g/mol. The van der Waals surface area contributed by atoms with Crippen LogP contribution in [0.4, 0.5) is 0 Å². The number of fused-ring (bicyclic) bond motifs is 1. The number of benzene rings is 2. The van der Waals surface area contributed by atoms with Crippen LogP contribution in [-0.4, -0.2) is 10.1 Å². The second-order valence-electron chi connectivity index (χ2n) is 5.06. The van der Waals surface area contributed by atoms with E-state index in [0.717, 1.165) is 11.1 Å². The molecule has 3 rings (SSSR count). The van der Waals surface area contributed by atoms with Crippen molar-refractivity contribution in [2.24, 2.45) is 5.92 Å². The maximum absolute atomic E-state index is 10.5. The van der Waals surface area contributed by atoms with Gasteiger partial charge in [-0.15, -0.1) is 0 Å². The van der Waals surface area contributed by atoms with Crippen LogP contribution in [0.15, 0.2) is 54.6 Å². The fourth-order valence-corrected chi connectivity index (χ4v) is 2.74. The van der Waals surface area contributed by atoms with Crippen molar-refractivity contribution in [1.82, 2.24) is 4.98 Å². The summed E-state index contributed by atoms with van der Waals surface area (Å²) in [5, 5.41) is 29.8. The first-order valence-corrected chi connectivity index (χ1v) is 6.90. The number of hydrogen-bond donors (Lipinski definition) is 2. The van der Waals surface area contributed by atoms with Crippen LogP contribution < -0.4 is 0 Å². The van der Waals surface area contributed by atoms with E-state index in [1.807, 2.05) is 60.7 Å². The molecule has 1 unspecified atom stereocenters. The third-order valence-electron chi connectivity index (χ3n) is 3.79. The summed E-state index contributed by atoms with van der Waals surface area (Å²) in [7, 11) is 0. The Hall–Kier alpha value is -3.24. The first-order chi connectivity index (χ1) is 10.8. The van der Waals surface area contributed by atoms with Crippen molar-refractivity contribution in [2.45, 2.75) is 5.92 Å². The Morgan fingerprint density at radius 3 is 2.18 bits per heavy atom. The van der Waals surface area contributed by atoms with E-state index in [9.17, 15) is 15.6 Å². The zero-order valence-electron chi connectivity index (χ0n) is 11.7. The van der Waals surface area contributed by atoms with Crippen LogP contribution in [0.2, 0.25) is 0 Å². The van der Waals surface area contributed by atoms with Crippen molar-refractivity contribution >= 4 is 10.9 Å². The van der Waals surface area contributed by atoms with Gasteiger partial charge in [-0.25, -0.2) is 0 Å². The highest BCUT2D eigenvalue weighted by Crippen LogP contribution is 2.40. The molecule has 0 aliphatic heterocycles. The van der Waals surface area contributed by atoms with Gasteiger partial charge >= 0.3 is 0 Å². The van der Waals surface area contributed by atoms with E-state index in [4.69, 9.17) is 0 Å². The fourth-order valence-electron chi connectivity index (χ4n) is 2.74. The molecular formula is C18H13N3O. The lowest BCUT2D eigenvalue weighted by Crippen LogP contribution is -2.12. The van der Waals surface area contributed by atoms with Gasteiger partial charge in [0.1, 0.15) is 11.7 Å². The minimum Gasteiger partial charge on any atom is -0.505 e. The molecule has 1 aromatic heterocycles. The van der Waals surface area contributed by atoms with Crippen LogP contribution in [0.5, 0.6) is 5.75 Å². The van der Waals surface area contributed by atoms with Gasteiger partial charge in [-0.2, -0.15) is 10.5 Å². The Bertz CT molecular complexity index is 870. The molecule has 0 radical (unpaired) electrons. The van der Waals surface area contributed by atoms with E-state index in [2.05, 4.69) is 4.98 Å². The Kier molecular flexibility index (Phi) is 3.52. The lowest BCUT2D eigenvalue weighted by molar-refractivity contribution is 0.466. The van der Waals surface area contributed by atoms with E-state index in [-0.39, 0.29) is 5.75 Å². The van der Waals surface area contributed by atoms with E-state index in [1.54, 1.807) is 6.07 Å². The molecule has 106 valence electrons. The molecule has 1 atom stereocenters. The summed E-state index contributed by atoms with van der Waals surface area (Å²) in [6.07, 6.45) is 0. The van der Waals surface area contributed by atoms with Crippen molar-refractivity contribution in [3.8, 4) is 17.9 Å². The Morgan fingerprint density at radius 2 is 1.55 bits per heavy atom. The fraction of sp³-hybridized carbons (Fsp3) is 0.111. The number of nitrogens with one attached hydrogen (secondary N) is 1. The number of aromatic hydroxyl groups is 1. The SMILES string of the molecule is N#CC(C#N)C(c1ccccc1)c1[nH]c2ccccc2c1O. The topological polar surface area (TPSA) is 83.6 Å². The molecule has 3 aromatic rings. The number of aromatic amines is 1. The monoisotopic (exact) mass is 287 g/mol.